The molecule has 4 rings (SSSR count). The zero-order valence-electron chi connectivity index (χ0n) is 13.3. The number of ketones is 1. The molecule has 4 nitrogen and oxygen atoms in total. The van der Waals surface area contributed by atoms with E-state index in [2.05, 4.69) is 27.6 Å². The molecule has 1 aromatic carbocycles. The summed E-state index contributed by atoms with van der Waals surface area (Å²) >= 11 is 1.50. The molecular weight excluding hydrogens is 306 g/mol. The van der Waals surface area contributed by atoms with Crippen molar-refractivity contribution in [1.82, 2.24) is 15.5 Å². The summed E-state index contributed by atoms with van der Waals surface area (Å²) in [7, 11) is 0. The van der Waals surface area contributed by atoms with Gasteiger partial charge in [0, 0.05) is 23.6 Å². The molecule has 1 aromatic heterocycles. The Labute approximate surface area is 140 Å². The molecule has 0 spiro atoms. The number of rotatable bonds is 6. The highest BCUT2D eigenvalue weighted by Crippen LogP contribution is 2.42. The van der Waals surface area contributed by atoms with Gasteiger partial charge in [-0.2, -0.15) is 0 Å². The molecule has 2 aliphatic rings. The summed E-state index contributed by atoms with van der Waals surface area (Å²) in [5.74, 6) is 0.708. The van der Waals surface area contributed by atoms with Crippen molar-refractivity contribution in [3.05, 3.63) is 45.4 Å². The number of aryl methyl sites for hydroxylation is 1. The predicted molar refractivity (Wildman–Crippen MR) is 91.0 cm³/mol. The molecule has 2 aliphatic carbocycles. The van der Waals surface area contributed by atoms with E-state index in [0.717, 1.165) is 21.6 Å². The highest BCUT2D eigenvalue weighted by molar-refractivity contribution is 7.11. The minimum atomic E-state index is 0.132. The van der Waals surface area contributed by atoms with E-state index in [4.69, 9.17) is 0 Å². The van der Waals surface area contributed by atoms with E-state index in [1.807, 2.05) is 19.1 Å². The molecule has 2 saturated carbocycles. The van der Waals surface area contributed by atoms with Crippen molar-refractivity contribution in [3.8, 4) is 0 Å². The van der Waals surface area contributed by atoms with Crippen LogP contribution in [0, 0.1) is 6.92 Å². The Morgan fingerprint density at radius 3 is 2.91 bits per heavy atom. The lowest BCUT2D eigenvalue weighted by molar-refractivity contribution is 0.0992. The first-order chi connectivity index (χ1) is 11.2. The van der Waals surface area contributed by atoms with Crippen LogP contribution in [-0.4, -0.2) is 28.1 Å². The van der Waals surface area contributed by atoms with Gasteiger partial charge in [0.25, 0.3) is 0 Å². The molecule has 2 atom stereocenters. The van der Waals surface area contributed by atoms with Crippen molar-refractivity contribution >= 4 is 17.1 Å². The number of hydrogen-bond donors (Lipinski definition) is 1. The van der Waals surface area contributed by atoms with Gasteiger partial charge < -0.3 is 5.32 Å². The van der Waals surface area contributed by atoms with Gasteiger partial charge in [0.2, 0.25) is 0 Å². The van der Waals surface area contributed by atoms with Crippen LogP contribution < -0.4 is 5.32 Å². The molecule has 1 N–H and O–H groups in total. The lowest BCUT2D eigenvalue weighted by atomic mass is 9.93. The van der Waals surface area contributed by atoms with Crippen LogP contribution in [0.3, 0.4) is 0 Å². The SMILES string of the molecule is Cc1nnc(CC(=O)c2cccc(C3CC3NC3CCC3)c2)s1. The zero-order chi connectivity index (χ0) is 15.8. The van der Waals surface area contributed by atoms with E-state index in [1.54, 1.807) is 0 Å². The van der Waals surface area contributed by atoms with E-state index in [-0.39, 0.29) is 5.78 Å². The second-order valence-electron chi connectivity index (χ2n) is 6.68. The van der Waals surface area contributed by atoms with E-state index in [9.17, 15) is 4.79 Å². The Morgan fingerprint density at radius 2 is 2.22 bits per heavy atom. The second kappa shape index (κ2) is 6.13. The average molecular weight is 327 g/mol. The maximum Gasteiger partial charge on any atom is 0.169 e. The lowest BCUT2D eigenvalue weighted by Crippen LogP contribution is -2.37. The fourth-order valence-corrected chi connectivity index (χ4v) is 3.92. The minimum absolute atomic E-state index is 0.132. The predicted octanol–water partition coefficient (Wildman–Crippen LogP) is 3.27. The summed E-state index contributed by atoms with van der Waals surface area (Å²) in [6.45, 7) is 1.91. The third kappa shape index (κ3) is 3.35. The van der Waals surface area contributed by atoms with Crippen LogP contribution in [0.1, 0.15) is 57.5 Å². The molecule has 2 aromatic rings. The maximum absolute atomic E-state index is 12.5. The van der Waals surface area contributed by atoms with Crippen LogP contribution in [0.5, 0.6) is 0 Å². The minimum Gasteiger partial charge on any atom is -0.311 e. The first-order valence-electron chi connectivity index (χ1n) is 8.37. The third-order valence-electron chi connectivity index (χ3n) is 4.86. The number of aromatic nitrogens is 2. The van der Waals surface area contributed by atoms with Gasteiger partial charge in [-0.25, -0.2) is 0 Å². The topological polar surface area (TPSA) is 54.9 Å². The molecule has 2 unspecified atom stereocenters. The summed E-state index contributed by atoms with van der Waals surface area (Å²) in [6.07, 6.45) is 5.56. The third-order valence-corrected chi connectivity index (χ3v) is 5.70. The molecule has 0 amide bonds. The van der Waals surface area contributed by atoms with Crippen LogP contribution in [-0.2, 0) is 6.42 Å². The number of carbonyl (C=O) groups excluding carboxylic acids is 1. The van der Waals surface area contributed by atoms with Gasteiger partial charge in [-0.05, 0) is 37.8 Å². The van der Waals surface area contributed by atoms with E-state index in [0.29, 0.717) is 18.4 Å². The first-order valence-corrected chi connectivity index (χ1v) is 9.19. The van der Waals surface area contributed by atoms with Crippen LogP contribution in [0.2, 0.25) is 0 Å². The summed E-state index contributed by atoms with van der Waals surface area (Å²) in [5, 5.41) is 13.5. The maximum atomic E-state index is 12.5. The number of nitrogens with one attached hydrogen (secondary N) is 1. The molecule has 1 heterocycles. The van der Waals surface area contributed by atoms with Crippen molar-refractivity contribution in [2.75, 3.05) is 0 Å². The monoisotopic (exact) mass is 327 g/mol. The number of nitrogens with zero attached hydrogens (tertiary/aromatic N) is 2. The lowest BCUT2D eigenvalue weighted by Gasteiger charge is -2.26. The Morgan fingerprint density at radius 1 is 1.35 bits per heavy atom. The summed E-state index contributed by atoms with van der Waals surface area (Å²) < 4.78 is 0. The van der Waals surface area contributed by atoms with Crippen LogP contribution in [0.4, 0.5) is 0 Å². The fraction of sp³-hybridized carbons (Fsp3) is 0.500. The smallest absolute Gasteiger partial charge is 0.169 e. The molecule has 120 valence electrons. The summed E-state index contributed by atoms with van der Waals surface area (Å²) in [4.78, 5) is 12.5. The van der Waals surface area contributed by atoms with Crippen molar-refractivity contribution in [2.45, 2.75) is 57.0 Å². The van der Waals surface area contributed by atoms with Gasteiger partial charge >= 0.3 is 0 Å². The Bertz CT molecular complexity index is 723. The van der Waals surface area contributed by atoms with Crippen LogP contribution in [0.15, 0.2) is 24.3 Å². The normalized spacial score (nSPS) is 23.5. The largest absolute Gasteiger partial charge is 0.311 e. The summed E-state index contributed by atoms with van der Waals surface area (Å²) in [5.41, 5.74) is 2.09. The molecule has 5 heteroatoms. The van der Waals surface area contributed by atoms with Crippen LogP contribution >= 0.6 is 11.3 Å². The number of Topliss-reactive ketones (excluding diaryl/α,β-unsaturated/α-hetero) is 1. The highest BCUT2D eigenvalue weighted by atomic mass is 32.1. The molecule has 0 radical (unpaired) electrons. The van der Waals surface area contributed by atoms with Gasteiger partial charge in [0.1, 0.15) is 10.0 Å². The quantitative estimate of drug-likeness (QED) is 0.827. The Hall–Kier alpha value is -1.59. The zero-order valence-corrected chi connectivity index (χ0v) is 14.1. The first kappa shape index (κ1) is 15.0. The summed E-state index contributed by atoms with van der Waals surface area (Å²) in [6, 6.07) is 9.48. The van der Waals surface area contributed by atoms with Crippen LogP contribution in [0.25, 0.3) is 0 Å². The van der Waals surface area contributed by atoms with Gasteiger partial charge in [0.05, 0.1) is 6.42 Å². The van der Waals surface area contributed by atoms with E-state index < -0.39 is 0 Å². The van der Waals surface area contributed by atoms with Gasteiger partial charge in [-0.15, -0.1) is 21.5 Å². The number of benzene rings is 1. The van der Waals surface area contributed by atoms with E-state index >= 15 is 0 Å². The van der Waals surface area contributed by atoms with Gasteiger partial charge in [0.15, 0.2) is 5.78 Å². The fourth-order valence-electron chi connectivity index (χ4n) is 3.22. The molecule has 0 bridgehead atoms. The Kier molecular flexibility index (Phi) is 3.99. The molecular formula is C18H21N3OS. The van der Waals surface area contributed by atoms with Crippen molar-refractivity contribution in [3.63, 3.8) is 0 Å². The highest BCUT2D eigenvalue weighted by Gasteiger charge is 2.40. The average Bonchev–Trinajstić information content (AvgIpc) is 3.17. The van der Waals surface area contributed by atoms with E-state index in [1.165, 1.54) is 42.6 Å². The van der Waals surface area contributed by atoms with Crippen molar-refractivity contribution in [2.24, 2.45) is 0 Å². The second-order valence-corrected chi connectivity index (χ2v) is 7.95. The molecule has 23 heavy (non-hydrogen) atoms. The molecule has 2 fully saturated rings. The van der Waals surface area contributed by atoms with Gasteiger partial charge in [-0.3, -0.25) is 4.79 Å². The van der Waals surface area contributed by atoms with Crippen molar-refractivity contribution < 1.29 is 4.79 Å². The number of hydrogen-bond acceptors (Lipinski definition) is 5. The Balaban J connectivity index is 1.41. The van der Waals surface area contributed by atoms with Gasteiger partial charge in [-0.1, -0.05) is 24.6 Å². The molecule has 0 saturated heterocycles. The van der Waals surface area contributed by atoms with Crippen molar-refractivity contribution in [1.29, 1.82) is 0 Å². The number of carbonyl (C=O) groups is 1. The molecule has 0 aliphatic heterocycles. The standard InChI is InChI=1S/C18H21N3OS/c1-11-20-21-18(23-11)10-17(22)13-5-2-4-12(8-13)15-9-16(15)19-14-6-3-7-14/h2,4-5,8,14-16,19H,3,6-7,9-10H2,1H3.